The van der Waals surface area contributed by atoms with E-state index in [1.807, 2.05) is 18.2 Å². The molecule has 2 rings (SSSR count). The number of rotatable bonds is 2. The molecule has 1 fully saturated rings. The molecule has 1 atom stereocenters. The summed E-state index contributed by atoms with van der Waals surface area (Å²) >= 11 is 0. The summed E-state index contributed by atoms with van der Waals surface area (Å²) in [7, 11) is 0. The summed E-state index contributed by atoms with van der Waals surface area (Å²) < 4.78 is 0. The Hall–Kier alpha value is -1.44. The molecule has 1 aromatic rings. The van der Waals surface area contributed by atoms with Gasteiger partial charge >= 0.3 is 0 Å². The van der Waals surface area contributed by atoms with E-state index in [4.69, 9.17) is 0 Å². The highest BCUT2D eigenvalue weighted by atomic mass is 16.1. The minimum absolute atomic E-state index is 0.0213. The van der Waals surface area contributed by atoms with Crippen molar-refractivity contribution >= 4 is 11.6 Å². The quantitative estimate of drug-likeness (QED) is 0.712. The van der Waals surface area contributed by atoms with Gasteiger partial charge in [0.15, 0.2) is 5.78 Å². The second-order valence-corrected chi connectivity index (χ2v) is 4.45. The van der Waals surface area contributed by atoms with Crippen LogP contribution in [-0.4, -0.2) is 11.6 Å². The van der Waals surface area contributed by atoms with Crippen molar-refractivity contribution in [2.75, 3.05) is 0 Å². The van der Waals surface area contributed by atoms with E-state index in [1.54, 1.807) is 13.0 Å². The number of benzene rings is 1. The first-order chi connectivity index (χ1) is 7.68. The van der Waals surface area contributed by atoms with Crippen LogP contribution in [0.4, 0.5) is 0 Å². The molecule has 0 saturated heterocycles. The zero-order chi connectivity index (χ0) is 11.5. The summed E-state index contributed by atoms with van der Waals surface area (Å²) in [4.78, 5) is 23.1. The van der Waals surface area contributed by atoms with E-state index in [0.717, 1.165) is 24.8 Å². The predicted octanol–water partition coefficient (Wildman–Crippen LogP) is 3.12. The molecule has 1 aliphatic rings. The maximum atomic E-state index is 11.8. The Kier molecular flexibility index (Phi) is 3.18. The monoisotopic (exact) mass is 216 g/mol. The van der Waals surface area contributed by atoms with Crippen LogP contribution in [0.25, 0.3) is 0 Å². The molecule has 2 heteroatoms. The van der Waals surface area contributed by atoms with Crippen molar-refractivity contribution in [1.82, 2.24) is 0 Å². The van der Waals surface area contributed by atoms with Gasteiger partial charge in [0, 0.05) is 17.9 Å². The zero-order valence-electron chi connectivity index (χ0n) is 9.53. The second-order valence-electron chi connectivity index (χ2n) is 4.45. The number of hydrogen-bond acceptors (Lipinski definition) is 2. The highest BCUT2D eigenvalue weighted by molar-refractivity contribution is 5.95. The van der Waals surface area contributed by atoms with Crippen LogP contribution in [0.5, 0.6) is 0 Å². The molecule has 0 radical (unpaired) electrons. The summed E-state index contributed by atoms with van der Waals surface area (Å²) in [5.74, 6) is 0.408. The Balaban J connectivity index is 2.28. The zero-order valence-corrected chi connectivity index (χ0v) is 9.53. The minimum atomic E-state index is 0.0213. The maximum Gasteiger partial charge on any atom is 0.159 e. The topological polar surface area (TPSA) is 34.1 Å². The van der Waals surface area contributed by atoms with Gasteiger partial charge in [-0.2, -0.15) is 0 Å². The van der Waals surface area contributed by atoms with Crippen LogP contribution in [-0.2, 0) is 4.79 Å². The van der Waals surface area contributed by atoms with Crippen LogP contribution in [0.2, 0.25) is 0 Å². The van der Waals surface area contributed by atoms with E-state index in [2.05, 4.69) is 0 Å². The van der Waals surface area contributed by atoms with Gasteiger partial charge in [-0.05, 0) is 31.4 Å². The van der Waals surface area contributed by atoms with Gasteiger partial charge in [-0.25, -0.2) is 0 Å². The molecular formula is C14H16O2. The third kappa shape index (κ3) is 2.21. The fourth-order valence-corrected chi connectivity index (χ4v) is 2.31. The van der Waals surface area contributed by atoms with Gasteiger partial charge in [-0.1, -0.05) is 24.6 Å². The molecule has 84 valence electrons. The molecule has 0 N–H and O–H groups in total. The lowest BCUT2D eigenvalue weighted by Crippen LogP contribution is -2.17. The van der Waals surface area contributed by atoms with Gasteiger partial charge in [0.25, 0.3) is 0 Å². The van der Waals surface area contributed by atoms with E-state index in [1.165, 1.54) is 0 Å². The summed E-state index contributed by atoms with van der Waals surface area (Å²) in [5.41, 5.74) is 1.72. The number of hydrogen-bond donors (Lipinski definition) is 0. The molecule has 1 aromatic carbocycles. The average molecular weight is 216 g/mol. The first kappa shape index (κ1) is 11.1. The van der Waals surface area contributed by atoms with Gasteiger partial charge in [-0.3, -0.25) is 9.59 Å². The van der Waals surface area contributed by atoms with Crippen LogP contribution < -0.4 is 0 Å². The molecule has 0 aromatic heterocycles. The molecule has 0 aliphatic heterocycles. The van der Waals surface area contributed by atoms with Crippen molar-refractivity contribution in [2.24, 2.45) is 0 Å². The minimum Gasteiger partial charge on any atom is -0.299 e. The smallest absolute Gasteiger partial charge is 0.159 e. The van der Waals surface area contributed by atoms with E-state index >= 15 is 0 Å². The molecule has 16 heavy (non-hydrogen) atoms. The predicted molar refractivity (Wildman–Crippen MR) is 62.7 cm³/mol. The highest BCUT2D eigenvalue weighted by Gasteiger charge is 2.23. The molecule has 1 saturated carbocycles. The Bertz CT molecular complexity index is 420. The van der Waals surface area contributed by atoms with Crippen LogP contribution >= 0.6 is 0 Å². The standard InChI is InChI=1S/C14H16O2/c1-10(15)11-5-4-6-12(9-11)13-7-2-3-8-14(13)16/h4-6,9,13H,2-3,7-8H2,1H3. The second kappa shape index (κ2) is 4.60. The molecule has 0 spiro atoms. The first-order valence-electron chi connectivity index (χ1n) is 5.82. The molecule has 1 unspecified atom stereocenters. The lowest BCUT2D eigenvalue weighted by atomic mass is 9.82. The average Bonchev–Trinajstić information content (AvgIpc) is 2.30. The number of carbonyl (C=O) groups is 2. The number of Topliss-reactive ketones (excluding diaryl/α,β-unsaturated/α-hetero) is 2. The van der Waals surface area contributed by atoms with Crippen molar-refractivity contribution in [1.29, 1.82) is 0 Å². The maximum absolute atomic E-state index is 11.8. The molecule has 2 nitrogen and oxygen atoms in total. The van der Waals surface area contributed by atoms with E-state index < -0.39 is 0 Å². The SMILES string of the molecule is CC(=O)c1cccc(C2CCCCC2=O)c1. The fourth-order valence-electron chi connectivity index (χ4n) is 2.31. The summed E-state index contributed by atoms with van der Waals surface area (Å²) in [6, 6.07) is 7.50. The lowest BCUT2D eigenvalue weighted by Gasteiger charge is -2.21. The third-order valence-corrected chi connectivity index (χ3v) is 3.25. The normalized spacial score (nSPS) is 20.8. The summed E-state index contributed by atoms with van der Waals surface area (Å²) in [6.45, 7) is 1.56. The van der Waals surface area contributed by atoms with Crippen molar-refractivity contribution in [2.45, 2.75) is 38.5 Å². The molecule has 0 amide bonds. The number of carbonyl (C=O) groups excluding carboxylic acids is 2. The van der Waals surface area contributed by atoms with Crippen LogP contribution in [0.1, 0.15) is 54.4 Å². The number of ketones is 2. The Labute approximate surface area is 95.7 Å². The molecular weight excluding hydrogens is 200 g/mol. The van der Waals surface area contributed by atoms with Gasteiger partial charge in [-0.15, -0.1) is 0 Å². The van der Waals surface area contributed by atoms with E-state index in [0.29, 0.717) is 17.8 Å². The van der Waals surface area contributed by atoms with Crippen LogP contribution in [0, 0.1) is 0 Å². The van der Waals surface area contributed by atoms with Gasteiger partial charge in [0.2, 0.25) is 0 Å². The molecule has 1 aliphatic carbocycles. The Morgan fingerprint density at radius 2 is 2.12 bits per heavy atom. The van der Waals surface area contributed by atoms with Gasteiger partial charge in [0.05, 0.1) is 0 Å². The summed E-state index contributed by atoms with van der Waals surface area (Å²) in [5, 5.41) is 0. The molecule has 0 heterocycles. The highest BCUT2D eigenvalue weighted by Crippen LogP contribution is 2.30. The fraction of sp³-hybridized carbons (Fsp3) is 0.429. The van der Waals surface area contributed by atoms with Crippen LogP contribution in [0.15, 0.2) is 24.3 Å². The Morgan fingerprint density at radius 3 is 2.81 bits per heavy atom. The van der Waals surface area contributed by atoms with E-state index in [-0.39, 0.29) is 11.7 Å². The van der Waals surface area contributed by atoms with Crippen molar-refractivity contribution < 1.29 is 9.59 Å². The third-order valence-electron chi connectivity index (χ3n) is 3.25. The first-order valence-corrected chi connectivity index (χ1v) is 5.82. The van der Waals surface area contributed by atoms with Crippen LogP contribution in [0.3, 0.4) is 0 Å². The lowest BCUT2D eigenvalue weighted by molar-refractivity contribution is -0.121. The van der Waals surface area contributed by atoms with Gasteiger partial charge < -0.3 is 0 Å². The Morgan fingerprint density at radius 1 is 1.31 bits per heavy atom. The van der Waals surface area contributed by atoms with Gasteiger partial charge in [0.1, 0.15) is 5.78 Å². The molecule has 0 bridgehead atoms. The summed E-state index contributed by atoms with van der Waals surface area (Å²) in [6.07, 6.45) is 3.75. The van der Waals surface area contributed by atoms with Crippen molar-refractivity contribution in [3.63, 3.8) is 0 Å². The van der Waals surface area contributed by atoms with Crippen molar-refractivity contribution in [3.05, 3.63) is 35.4 Å². The van der Waals surface area contributed by atoms with E-state index in [9.17, 15) is 9.59 Å². The largest absolute Gasteiger partial charge is 0.299 e. The van der Waals surface area contributed by atoms with Crippen molar-refractivity contribution in [3.8, 4) is 0 Å².